The van der Waals surface area contributed by atoms with Crippen molar-refractivity contribution in [3.63, 3.8) is 0 Å². The standard InChI is InChI=1S/C36H60O8/c1-4-5-15-22-31(37)23-17-12-9-10-13-18-24-33(39)34(40)25-20-27-36(42)44-29-32(38)28-43-35(41)26-19-14-8-6-7-11-16-21-30(2)3/h5,9-10,12-13,15,17-18,23-24,30-34,37-40H,4,6-8,11,14,16,19-22,25-29H2,1-3H3/b12-9+,13-10-,15-5-,23-17+,24-18-/t31-,32-,33+,34+/m1/s1. The van der Waals surface area contributed by atoms with Gasteiger partial charge in [0.05, 0.1) is 18.3 Å². The van der Waals surface area contributed by atoms with Crippen LogP contribution in [0, 0.1) is 5.92 Å². The molecular weight excluding hydrogens is 560 g/mol. The van der Waals surface area contributed by atoms with E-state index >= 15 is 0 Å². The molecule has 252 valence electrons. The van der Waals surface area contributed by atoms with Gasteiger partial charge < -0.3 is 29.9 Å². The minimum atomic E-state index is -1.09. The van der Waals surface area contributed by atoms with E-state index in [1.54, 1.807) is 42.5 Å². The van der Waals surface area contributed by atoms with E-state index in [4.69, 9.17) is 9.47 Å². The van der Waals surface area contributed by atoms with Crippen molar-refractivity contribution in [2.75, 3.05) is 13.2 Å². The van der Waals surface area contributed by atoms with Gasteiger partial charge in [-0.1, -0.05) is 126 Å². The van der Waals surface area contributed by atoms with Crippen molar-refractivity contribution in [3.05, 3.63) is 60.8 Å². The van der Waals surface area contributed by atoms with E-state index in [0.29, 0.717) is 19.3 Å². The van der Waals surface area contributed by atoms with Gasteiger partial charge in [-0.3, -0.25) is 9.59 Å². The third-order valence-electron chi connectivity index (χ3n) is 6.79. The maximum Gasteiger partial charge on any atom is 0.305 e. The van der Waals surface area contributed by atoms with Crippen LogP contribution in [0.1, 0.15) is 111 Å². The molecule has 0 aliphatic carbocycles. The van der Waals surface area contributed by atoms with Gasteiger partial charge in [0.2, 0.25) is 0 Å². The number of rotatable bonds is 27. The number of hydrogen-bond donors (Lipinski definition) is 4. The number of aliphatic hydroxyl groups excluding tert-OH is 4. The summed E-state index contributed by atoms with van der Waals surface area (Å²) in [6.07, 6.45) is 25.3. The molecule has 8 heteroatoms. The Morgan fingerprint density at radius 1 is 0.636 bits per heavy atom. The number of allylic oxidation sites excluding steroid dienone is 7. The zero-order valence-electron chi connectivity index (χ0n) is 27.4. The molecule has 44 heavy (non-hydrogen) atoms. The fraction of sp³-hybridized carbons (Fsp3) is 0.667. The van der Waals surface area contributed by atoms with Crippen LogP contribution in [-0.4, -0.2) is 70.0 Å². The van der Waals surface area contributed by atoms with E-state index in [-0.39, 0.29) is 32.0 Å². The SMILES string of the molecule is CC/C=C\C[C@@H](O)/C=C/C=C/C=C\C=C/[C@H](O)[C@@H](O)CCCC(=O)OC[C@H](O)COC(=O)CCCCCCCCCC(C)C. The van der Waals surface area contributed by atoms with E-state index in [1.807, 2.05) is 19.1 Å². The van der Waals surface area contributed by atoms with Gasteiger partial charge in [-0.15, -0.1) is 0 Å². The number of esters is 2. The number of hydrogen-bond acceptors (Lipinski definition) is 8. The van der Waals surface area contributed by atoms with Crippen LogP contribution in [0.15, 0.2) is 60.8 Å². The number of carbonyl (C=O) groups is 2. The van der Waals surface area contributed by atoms with E-state index in [1.165, 1.54) is 38.2 Å². The average Bonchev–Trinajstić information content (AvgIpc) is 2.99. The van der Waals surface area contributed by atoms with Crippen molar-refractivity contribution in [1.82, 2.24) is 0 Å². The number of carbonyl (C=O) groups excluding carboxylic acids is 2. The molecule has 0 saturated carbocycles. The highest BCUT2D eigenvalue weighted by atomic mass is 16.6. The molecule has 0 aliphatic rings. The van der Waals surface area contributed by atoms with E-state index < -0.39 is 30.4 Å². The quantitative estimate of drug-likeness (QED) is 0.0357. The van der Waals surface area contributed by atoms with Gasteiger partial charge in [-0.2, -0.15) is 0 Å². The lowest BCUT2D eigenvalue weighted by Crippen LogP contribution is -2.26. The Bertz CT molecular complexity index is 858. The number of aliphatic hydroxyl groups is 4. The highest BCUT2D eigenvalue weighted by molar-refractivity contribution is 5.69. The summed E-state index contributed by atoms with van der Waals surface area (Å²) in [6.45, 7) is 6.04. The van der Waals surface area contributed by atoms with Gasteiger partial charge in [0.25, 0.3) is 0 Å². The van der Waals surface area contributed by atoms with Crippen molar-refractivity contribution >= 4 is 11.9 Å². The van der Waals surface area contributed by atoms with Crippen molar-refractivity contribution in [1.29, 1.82) is 0 Å². The third-order valence-corrected chi connectivity index (χ3v) is 6.79. The first-order chi connectivity index (χ1) is 21.1. The van der Waals surface area contributed by atoms with Crippen LogP contribution in [0.4, 0.5) is 0 Å². The van der Waals surface area contributed by atoms with Crippen LogP contribution >= 0.6 is 0 Å². The normalized spacial score (nSPS) is 15.3. The van der Waals surface area contributed by atoms with Gasteiger partial charge in [-0.05, 0) is 38.0 Å². The van der Waals surface area contributed by atoms with Crippen LogP contribution in [0.5, 0.6) is 0 Å². The van der Waals surface area contributed by atoms with Crippen LogP contribution in [-0.2, 0) is 19.1 Å². The second-order valence-electron chi connectivity index (χ2n) is 11.6. The topological polar surface area (TPSA) is 134 Å². The first kappa shape index (κ1) is 41.5. The van der Waals surface area contributed by atoms with Gasteiger partial charge in [0.15, 0.2) is 0 Å². The fourth-order valence-corrected chi connectivity index (χ4v) is 4.14. The van der Waals surface area contributed by atoms with Gasteiger partial charge in [0, 0.05) is 12.8 Å². The molecule has 0 aromatic rings. The van der Waals surface area contributed by atoms with Crippen molar-refractivity contribution in [2.24, 2.45) is 5.92 Å². The minimum absolute atomic E-state index is 0.0273. The molecule has 4 N–H and O–H groups in total. The molecule has 0 aromatic carbocycles. The average molecular weight is 621 g/mol. The Labute approximate surface area is 266 Å². The maximum atomic E-state index is 11.9. The largest absolute Gasteiger partial charge is 0.463 e. The van der Waals surface area contributed by atoms with Crippen molar-refractivity contribution in [2.45, 2.75) is 135 Å². The summed E-state index contributed by atoms with van der Waals surface area (Å²) in [4.78, 5) is 23.8. The molecule has 0 unspecified atom stereocenters. The fourth-order valence-electron chi connectivity index (χ4n) is 4.14. The van der Waals surface area contributed by atoms with Crippen LogP contribution in [0.25, 0.3) is 0 Å². The summed E-state index contributed by atoms with van der Waals surface area (Å²) in [5.74, 6) is -0.130. The summed E-state index contributed by atoms with van der Waals surface area (Å²) >= 11 is 0. The van der Waals surface area contributed by atoms with Gasteiger partial charge in [-0.25, -0.2) is 0 Å². The first-order valence-corrected chi connectivity index (χ1v) is 16.5. The Kier molecular flexibility index (Phi) is 27.5. The summed E-state index contributed by atoms with van der Waals surface area (Å²) in [7, 11) is 0. The van der Waals surface area contributed by atoms with Crippen molar-refractivity contribution < 1.29 is 39.5 Å². The van der Waals surface area contributed by atoms with E-state index in [9.17, 15) is 30.0 Å². The predicted molar refractivity (Wildman–Crippen MR) is 177 cm³/mol. The number of unbranched alkanes of at least 4 members (excludes halogenated alkanes) is 6. The molecule has 0 heterocycles. The Morgan fingerprint density at radius 2 is 1.16 bits per heavy atom. The smallest absolute Gasteiger partial charge is 0.305 e. The molecule has 0 bridgehead atoms. The Hall–Kier alpha value is -2.52. The molecule has 0 rings (SSSR count). The maximum absolute atomic E-state index is 11.9. The Morgan fingerprint density at radius 3 is 1.75 bits per heavy atom. The van der Waals surface area contributed by atoms with Gasteiger partial charge in [0.1, 0.15) is 19.3 Å². The zero-order chi connectivity index (χ0) is 32.8. The third kappa shape index (κ3) is 28.3. The molecule has 4 atom stereocenters. The molecule has 0 saturated heterocycles. The van der Waals surface area contributed by atoms with Crippen LogP contribution in [0.2, 0.25) is 0 Å². The highest BCUT2D eigenvalue weighted by Crippen LogP contribution is 2.13. The summed E-state index contributed by atoms with van der Waals surface area (Å²) in [6, 6.07) is 0. The summed E-state index contributed by atoms with van der Waals surface area (Å²) in [5.41, 5.74) is 0. The first-order valence-electron chi connectivity index (χ1n) is 16.5. The lowest BCUT2D eigenvalue weighted by molar-refractivity contribution is -0.152. The summed E-state index contributed by atoms with van der Waals surface area (Å²) < 4.78 is 10.1. The Balaban J connectivity index is 3.90. The molecule has 0 radical (unpaired) electrons. The second-order valence-corrected chi connectivity index (χ2v) is 11.6. The van der Waals surface area contributed by atoms with E-state index in [2.05, 4.69) is 13.8 Å². The molecule has 0 aromatic heterocycles. The zero-order valence-corrected chi connectivity index (χ0v) is 27.4. The molecular formula is C36H60O8. The summed E-state index contributed by atoms with van der Waals surface area (Å²) in [5, 5.41) is 39.9. The molecule has 8 nitrogen and oxygen atoms in total. The van der Waals surface area contributed by atoms with Gasteiger partial charge >= 0.3 is 11.9 Å². The monoisotopic (exact) mass is 620 g/mol. The lowest BCUT2D eigenvalue weighted by Gasteiger charge is -2.14. The minimum Gasteiger partial charge on any atom is -0.463 e. The van der Waals surface area contributed by atoms with Crippen LogP contribution in [0.3, 0.4) is 0 Å². The van der Waals surface area contributed by atoms with E-state index in [0.717, 1.165) is 31.6 Å². The molecule has 0 fully saturated rings. The predicted octanol–water partition coefficient (Wildman–Crippen LogP) is 6.43. The second kappa shape index (κ2) is 29.2. The highest BCUT2D eigenvalue weighted by Gasteiger charge is 2.15. The molecule has 0 aliphatic heterocycles. The molecule has 0 spiro atoms. The van der Waals surface area contributed by atoms with Crippen molar-refractivity contribution in [3.8, 4) is 0 Å². The number of ether oxygens (including phenoxy) is 2. The molecule has 0 amide bonds. The van der Waals surface area contributed by atoms with Crippen LogP contribution < -0.4 is 0 Å². The lowest BCUT2D eigenvalue weighted by atomic mass is 10.0.